The zero-order valence-corrected chi connectivity index (χ0v) is 15.4. The van der Waals surface area contributed by atoms with Crippen LogP contribution in [0.2, 0.25) is 0 Å². The van der Waals surface area contributed by atoms with Crippen LogP contribution < -0.4 is 5.32 Å². The molecule has 1 aromatic rings. The second-order valence-corrected chi connectivity index (χ2v) is 7.67. The van der Waals surface area contributed by atoms with Crippen molar-refractivity contribution in [2.24, 2.45) is 0 Å². The molecule has 0 atom stereocenters. The van der Waals surface area contributed by atoms with Gasteiger partial charge in [0.1, 0.15) is 0 Å². The maximum atomic E-state index is 12.4. The molecule has 0 aliphatic carbocycles. The van der Waals surface area contributed by atoms with E-state index in [4.69, 9.17) is 0 Å². The molecule has 0 radical (unpaired) electrons. The molecule has 2 rings (SSSR count). The Balaban J connectivity index is 1.84. The van der Waals surface area contributed by atoms with Crippen LogP contribution in [0, 0.1) is 0 Å². The van der Waals surface area contributed by atoms with Gasteiger partial charge in [0, 0.05) is 48.6 Å². The van der Waals surface area contributed by atoms with Crippen LogP contribution in [0.5, 0.6) is 0 Å². The molecule has 23 heavy (non-hydrogen) atoms. The number of aromatic nitrogens is 1. The molecule has 126 valence electrons. The summed E-state index contributed by atoms with van der Waals surface area (Å²) in [6.07, 6.45) is 3.23. The topological polar surface area (TPSA) is 65.5 Å². The predicted octanol–water partition coefficient (Wildman–Crippen LogP) is 1.52. The molecular formula is C16H23BrN4O2. The van der Waals surface area contributed by atoms with Gasteiger partial charge in [0.25, 0.3) is 5.91 Å². The summed E-state index contributed by atoms with van der Waals surface area (Å²) in [5, 5.41) is 2.96. The molecule has 0 bridgehead atoms. The highest BCUT2D eigenvalue weighted by Crippen LogP contribution is 2.13. The number of amides is 2. The van der Waals surface area contributed by atoms with Crippen LogP contribution in [-0.4, -0.2) is 64.9 Å². The minimum atomic E-state index is -0.220. The lowest BCUT2D eigenvalue weighted by Gasteiger charge is -2.34. The first-order valence-corrected chi connectivity index (χ1v) is 8.47. The first kappa shape index (κ1) is 17.9. The molecule has 1 fully saturated rings. The normalized spacial score (nSPS) is 16.3. The summed E-state index contributed by atoms with van der Waals surface area (Å²) in [6.45, 7) is 8.91. The van der Waals surface area contributed by atoms with Gasteiger partial charge in [0.15, 0.2) is 0 Å². The van der Waals surface area contributed by atoms with Gasteiger partial charge in [-0.25, -0.2) is 0 Å². The number of piperazine rings is 1. The van der Waals surface area contributed by atoms with Crippen molar-refractivity contribution in [3.8, 4) is 0 Å². The summed E-state index contributed by atoms with van der Waals surface area (Å²) in [7, 11) is 0. The molecule has 1 saturated heterocycles. The Morgan fingerprint density at radius 3 is 2.43 bits per heavy atom. The molecule has 0 saturated carbocycles. The average molecular weight is 383 g/mol. The standard InChI is InChI=1S/C16H23BrN4O2/c1-16(2,3)19-14(22)11-20-4-6-21(7-5-20)15(23)12-8-13(17)10-18-9-12/h8-10H,4-7,11H2,1-3H3,(H,19,22). The molecule has 6 nitrogen and oxygen atoms in total. The summed E-state index contributed by atoms with van der Waals surface area (Å²) >= 11 is 3.33. The van der Waals surface area contributed by atoms with Crippen molar-refractivity contribution >= 4 is 27.7 Å². The number of nitrogens with zero attached hydrogens (tertiary/aromatic N) is 3. The van der Waals surface area contributed by atoms with Gasteiger partial charge in [-0.2, -0.15) is 0 Å². The van der Waals surface area contributed by atoms with Crippen LogP contribution in [-0.2, 0) is 4.79 Å². The average Bonchev–Trinajstić information content (AvgIpc) is 2.45. The van der Waals surface area contributed by atoms with Crippen molar-refractivity contribution in [1.82, 2.24) is 20.1 Å². The molecule has 0 aromatic carbocycles. The number of hydrogen-bond acceptors (Lipinski definition) is 4. The summed E-state index contributed by atoms with van der Waals surface area (Å²) in [5.41, 5.74) is 0.362. The third-order valence-corrected chi connectivity index (χ3v) is 3.93. The third kappa shape index (κ3) is 5.58. The number of halogens is 1. The molecule has 2 heterocycles. The van der Waals surface area contributed by atoms with Crippen LogP contribution in [0.25, 0.3) is 0 Å². The second kappa shape index (κ2) is 7.40. The maximum absolute atomic E-state index is 12.4. The van der Waals surface area contributed by atoms with Crippen molar-refractivity contribution in [3.05, 3.63) is 28.5 Å². The number of carbonyl (C=O) groups excluding carboxylic acids is 2. The van der Waals surface area contributed by atoms with E-state index in [9.17, 15) is 9.59 Å². The van der Waals surface area contributed by atoms with Crippen LogP contribution in [0.1, 0.15) is 31.1 Å². The molecule has 2 amide bonds. The van der Waals surface area contributed by atoms with Crippen molar-refractivity contribution in [2.75, 3.05) is 32.7 Å². The van der Waals surface area contributed by atoms with Gasteiger partial charge in [0.2, 0.25) is 5.91 Å². The molecule has 1 N–H and O–H groups in total. The van der Waals surface area contributed by atoms with Gasteiger partial charge in [0.05, 0.1) is 12.1 Å². The third-order valence-electron chi connectivity index (χ3n) is 3.49. The zero-order valence-electron chi connectivity index (χ0n) is 13.8. The highest BCUT2D eigenvalue weighted by molar-refractivity contribution is 9.10. The van der Waals surface area contributed by atoms with Crippen LogP contribution in [0.15, 0.2) is 22.9 Å². The van der Waals surface area contributed by atoms with Crippen LogP contribution in [0.4, 0.5) is 0 Å². The van der Waals surface area contributed by atoms with Crippen molar-refractivity contribution in [3.63, 3.8) is 0 Å². The lowest BCUT2D eigenvalue weighted by Crippen LogP contribution is -2.52. The van der Waals surface area contributed by atoms with Crippen LogP contribution in [0.3, 0.4) is 0 Å². The molecular weight excluding hydrogens is 360 g/mol. The minimum Gasteiger partial charge on any atom is -0.350 e. The number of hydrogen-bond donors (Lipinski definition) is 1. The van der Waals surface area contributed by atoms with Crippen LogP contribution >= 0.6 is 15.9 Å². The fourth-order valence-electron chi connectivity index (χ4n) is 2.48. The Bertz CT molecular complexity index is 578. The summed E-state index contributed by atoms with van der Waals surface area (Å²) in [6, 6.07) is 1.78. The van der Waals surface area contributed by atoms with Crippen molar-refractivity contribution in [1.29, 1.82) is 0 Å². The van der Waals surface area contributed by atoms with E-state index >= 15 is 0 Å². The Hall–Kier alpha value is -1.47. The Morgan fingerprint density at radius 1 is 1.22 bits per heavy atom. The van der Waals surface area contributed by atoms with Gasteiger partial charge < -0.3 is 10.2 Å². The van der Waals surface area contributed by atoms with E-state index in [1.54, 1.807) is 18.5 Å². The van der Waals surface area contributed by atoms with Crippen molar-refractivity contribution in [2.45, 2.75) is 26.3 Å². The number of pyridine rings is 1. The summed E-state index contributed by atoms with van der Waals surface area (Å²) in [4.78, 5) is 32.3. The number of nitrogens with one attached hydrogen (secondary N) is 1. The highest BCUT2D eigenvalue weighted by atomic mass is 79.9. The molecule has 1 aromatic heterocycles. The van der Waals surface area contributed by atoms with E-state index in [0.29, 0.717) is 38.3 Å². The minimum absolute atomic E-state index is 0.0161. The zero-order chi connectivity index (χ0) is 17.0. The first-order valence-electron chi connectivity index (χ1n) is 7.68. The van der Waals surface area contributed by atoms with E-state index in [1.807, 2.05) is 25.7 Å². The second-order valence-electron chi connectivity index (χ2n) is 6.76. The molecule has 7 heteroatoms. The quantitative estimate of drug-likeness (QED) is 0.860. The molecule has 0 unspecified atom stereocenters. The SMILES string of the molecule is CC(C)(C)NC(=O)CN1CCN(C(=O)c2cncc(Br)c2)CC1. The van der Waals surface area contributed by atoms with Gasteiger partial charge >= 0.3 is 0 Å². The molecule has 0 spiro atoms. The fraction of sp³-hybridized carbons (Fsp3) is 0.562. The lowest BCUT2D eigenvalue weighted by molar-refractivity contribution is -0.124. The van der Waals surface area contributed by atoms with E-state index in [-0.39, 0.29) is 17.4 Å². The van der Waals surface area contributed by atoms with E-state index in [2.05, 4.69) is 31.1 Å². The number of rotatable bonds is 3. The van der Waals surface area contributed by atoms with E-state index < -0.39 is 0 Å². The van der Waals surface area contributed by atoms with Gasteiger partial charge in [-0.15, -0.1) is 0 Å². The Morgan fingerprint density at radius 2 is 1.87 bits per heavy atom. The van der Waals surface area contributed by atoms with Gasteiger partial charge in [-0.05, 0) is 42.8 Å². The Kier molecular flexibility index (Phi) is 5.75. The smallest absolute Gasteiger partial charge is 0.255 e. The lowest BCUT2D eigenvalue weighted by atomic mass is 10.1. The van der Waals surface area contributed by atoms with E-state index in [1.165, 1.54) is 0 Å². The van der Waals surface area contributed by atoms with Crippen molar-refractivity contribution < 1.29 is 9.59 Å². The maximum Gasteiger partial charge on any atom is 0.255 e. The van der Waals surface area contributed by atoms with E-state index in [0.717, 1.165) is 4.47 Å². The molecule has 1 aliphatic rings. The van der Waals surface area contributed by atoms with Gasteiger partial charge in [-0.1, -0.05) is 0 Å². The predicted molar refractivity (Wildman–Crippen MR) is 92.2 cm³/mol. The number of carbonyl (C=O) groups is 2. The van der Waals surface area contributed by atoms with Gasteiger partial charge in [-0.3, -0.25) is 19.5 Å². The summed E-state index contributed by atoms with van der Waals surface area (Å²) < 4.78 is 0.792. The Labute approximate surface area is 145 Å². The fourth-order valence-corrected chi connectivity index (χ4v) is 2.85. The monoisotopic (exact) mass is 382 g/mol. The highest BCUT2D eigenvalue weighted by Gasteiger charge is 2.24. The summed E-state index contributed by atoms with van der Waals surface area (Å²) in [5.74, 6) is 0.00561. The molecule has 1 aliphatic heterocycles. The first-order chi connectivity index (χ1) is 10.7. The largest absolute Gasteiger partial charge is 0.350 e.